The molecule has 0 amide bonds. The first kappa shape index (κ1) is 24.0. The Balaban J connectivity index is 2.53. The lowest BCUT2D eigenvalue weighted by atomic mass is 10.3. The number of alkyl halides is 6. The second kappa shape index (κ2) is 8.84. The van der Waals surface area contributed by atoms with Gasteiger partial charge in [0.15, 0.2) is 11.0 Å². The molecule has 7 nitrogen and oxygen atoms in total. The van der Waals surface area contributed by atoms with Crippen LogP contribution in [-0.2, 0) is 0 Å². The maximum atomic E-state index is 12.9. The van der Waals surface area contributed by atoms with Crippen LogP contribution in [0.1, 0.15) is 13.8 Å². The van der Waals surface area contributed by atoms with Crippen molar-refractivity contribution in [3.8, 4) is 11.5 Å². The molecule has 30 heavy (non-hydrogen) atoms. The number of pyridine rings is 1. The zero-order valence-electron chi connectivity index (χ0n) is 15.5. The first-order chi connectivity index (χ1) is 13.7. The molecule has 15 heteroatoms. The molecule has 0 fully saturated rings. The zero-order chi connectivity index (χ0) is 22.9. The Kier molecular flexibility index (Phi) is 7.07. The van der Waals surface area contributed by atoms with Crippen molar-refractivity contribution in [2.75, 3.05) is 23.0 Å². The fourth-order valence-electron chi connectivity index (χ4n) is 1.99. The van der Waals surface area contributed by atoms with Gasteiger partial charge in [-0.25, -0.2) is 4.98 Å². The van der Waals surface area contributed by atoms with Crippen molar-refractivity contribution in [1.82, 2.24) is 19.9 Å². The van der Waals surface area contributed by atoms with Crippen molar-refractivity contribution in [2.45, 2.75) is 38.3 Å². The highest BCUT2D eigenvalue weighted by atomic mass is 35.5. The van der Waals surface area contributed by atoms with E-state index in [0.29, 0.717) is 0 Å². The van der Waals surface area contributed by atoms with E-state index < -0.39 is 36.3 Å². The Morgan fingerprint density at radius 2 is 1.30 bits per heavy atom. The Bertz CT molecular complexity index is 843. The molecule has 3 N–H and O–H groups in total. The number of nitrogens with zero attached hydrogens (tertiary/aromatic N) is 4. The molecule has 2 rings (SSSR count). The van der Waals surface area contributed by atoms with Gasteiger partial charge in [-0.15, -0.1) is 0 Å². The van der Waals surface area contributed by atoms with Crippen LogP contribution in [0.15, 0.2) is 6.07 Å². The molecule has 2 aromatic rings. The van der Waals surface area contributed by atoms with E-state index in [-0.39, 0.29) is 27.4 Å². The van der Waals surface area contributed by atoms with Crippen LogP contribution in [0.5, 0.6) is 0 Å². The first-order valence-electron chi connectivity index (χ1n) is 8.19. The summed E-state index contributed by atoms with van der Waals surface area (Å²) in [5, 5.41) is 6.65. The van der Waals surface area contributed by atoms with Crippen molar-refractivity contribution < 1.29 is 26.3 Å². The predicted molar refractivity (Wildman–Crippen MR) is 101 cm³/mol. The largest absolute Gasteiger partial charge is 0.408 e. The molecule has 0 aliphatic carbocycles. The van der Waals surface area contributed by atoms with Gasteiger partial charge in [-0.2, -0.15) is 41.3 Å². The molecule has 0 saturated carbocycles. The minimum atomic E-state index is -4.65. The Morgan fingerprint density at radius 1 is 0.833 bits per heavy atom. The lowest BCUT2D eigenvalue weighted by Crippen LogP contribution is -2.35. The maximum absolute atomic E-state index is 12.9. The van der Waals surface area contributed by atoms with Crippen molar-refractivity contribution in [3.63, 3.8) is 0 Å². The van der Waals surface area contributed by atoms with Crippen LogP contribution in [0.25, 0.3) is 11.5 Å². The van der Waals surface area contributed by atoms with Crippen molar-refractivity contribution >= 4 is 40.8 Å². The highest BCUT2D eigenvalue weighted by molar-refractivity contribution is 6.38. The molecule has 0 spiro atoms. The minimum Gasteiger partial charge on any atom is -0.384 e. The standard InChI is InChI=1S/C15H15Cl2F6N7/c1-5(14(18,19)20)25-12-28-11(8-4-7(16)9(24-3)10(17)27-8)29-13(30-12)26-6(2)15(21,22)23/h4-6,24H,1-3H3,(H2,25,26,28,29,30)/t5-,6-/m1/s1. The van der Waals surface area contributed by atoms with E-state index in [1.54, 1.807) is 0 Å². The monoisotopic (exact) mass is 477 g/mol. The molecule has 0 radical (unpaired) electrons. The van der Waals surface area contributed by atoms with Gasteiger partial charge in [0.1, 0.15) is 17.8 Å². The molecular formula is C15H15Cl2F6N7. The van der Waals surface area contributed by atoms with E-state index in [2.05, 4.69) is 25.3 Å². The van der Waals surface area contributed by atoms with Crippen molar-refractivity contribution in [1.29, 1.82) is 0 Å². The molecule has 0 bridgehead atoms. The molecule has 0 aromatic carbocycles. The van der Waals surface area contributed by atoms with E-state index in [4.69, 9.17) is 23.2 Å². The number of halogens is 8. The van der Waals surface area contributed by atoms with E-state index in [1.807, 2.05) is 10.6 Å². The average Bonchev–Trinajstić information content (AvgIpc) is 2.59. The molecule has 2 atom stereocenters. The van der Waals surface area contributed by atoms with Gasteiger partial charge in [0.05, 0.1) is 10.7 Å². The molecule has 0 saturated heterocycles. The molecule has 166 valence electrons. The summed E-state index contributed by atoms with van der Waals surface area (Å²) >= 11 is 12.1. The lowest BCUT2D eigenvalue weighted by Gasteiger charge is -2.20. The van der Waals surface area contributed by atoms with Gasteiger partial charge in [-0.05, 0) is 19.9 Å². The van der Waals surface area contributed by atoms with Crippen LogP contribution in [-0.4, -0.2) is 51.4 Å². The summed E-state index contributed by atoms with van der Waals surface area (Å²) in [6.07, 6.45) is -9.31. The number of aromatic nitrogens is 4. The van der Waals surface area contributed by atoms with Crippen molar-refractivity contribution in [2.24, 2.45) is 0 Å². The third-order valence-electron chi connectivity index (χ3n) is 3.71. The van der Waals surface area contributed by atoms with Crippen molar-refractivity contribution in [3.05, 3.63) is 16.2 Å². The van der Waals surface area contributed by atoms with Crippen LogP contribution in [0.3, 0.4) is 0 Å². The van der Waals surface area contributed by atoms with Crippen LogP contribution in [0, 0.1) is 0 Å². The topological polar surface area (TPSA) is 87.7 Å². The number of hydrogen-bond acceptors (Lipinski definition) is 7. The Labute approximate surface area is 176 Å². The van der Waals surface area contributed by atoms with Crippen LogP contribution < -0.4 is 16.0 Å². The Hall–Kier alpha value is -2.28. The maximum Gasteiger partial charge on any atom is 0.408 e. The van der Waals surface area contributed by atoms with E-state index in [9.17, 15) is 26.3 Å². The second-order valence-electron chi connectivity index (χ2n) is 6.03. The quantitative estimate of drug-likeness (QED) is 0.398. The highest BCUT2D eigenvalue weighted by Gasteiger charge is 2.38. The summed E-state index contributed by atoms with van der Waals surface area (Å²) in [6.45, 7) is 1.59. The third kappa shape index (κ3) is 5.88. The molecule has 0 unspecified atom stereocenters. The summed E-state index contributed by atoms with van der Waals surface area (Å²) in [4.78, 5) is 15.2. The van der Waals surface area contributed by atoms with Crippen LogP contribution in [0.2, 0.25) is 10.2 Å². The van der Waals surface area contributed by atoms with E-state index in [1.165, 1.54) is 13.1 Å². The van der Waals surface area contributed by atoms with Gasteiger partial charge in [0.25, 0.3) is 0 Å². The van der Waals surface area contributed by atoms with E-state index >= 15 is 0 Å². The first-order valence-corrected chi connectivity index (χ1v) is 8.94. The van der Waals surface area contributed by atoms with Gasteiger partial charge in [0, 0.05) is 7.05 Å². The summed E-state index contributed by atoms with van der Waals surface area (Å²) in [6, 6.07) is -2.93. The summed E-state index contributed by atoms with van der Waals surface area (Å²) in [7, 11) is 1.53. The second-order valence-corrected chi connectivity index (χ2v) is 6.79. The molecule has 2 aromatic heterocycles. The van der Waals surface area contributed by atoms with Crippen LogP contribution in [0.4, 0.5) is 43.9 Å². The zero-order valence-corrected chi connectivity index (χ0v) is 17.1. The fourth-order valence-corrected chi connectivity index (χ4v) is 2.62. The summed E-state index contributed by atoms with van der Waals surface area (Å²) < 4.78 is 77.2. The van der Waals surface area contributed by atoms with Crippen LogP contribution >= 0.6 is 23.2 Å². The van der Waals surface area contributed by atoms with Gasteiger partial charge < -0.3 is 16.0 Å². The number of anilines is 3. The molecular weight excluding hydrogens is 463 g/mol. The lowest BCUT2D eigenvalue weighted by molar-refractivity contribution is -0.139. The number of rotatable bonds is 6. The van der Waals surface area contributed by atoms with Gasteiger partial charge >= 0.3 is 12.4 Å². The summed E-state index contributed by atoms with van der Waals surface area (Å²) in [5.74, 6) is -1.58. The average molecular weight is 478 g/mol. The Morgan fingerprint density at radius 3 is 1.67 bits per heavy atom. The SMILES string of the molecule is CNc1c(Cl)cc(-c2nc(N[C@H](C)C(F)(F)F)nc(N[C@H](C)C(F)(F)F)n2)nc1Cl. The third-order valence-corrected chi connectivity index (χ3v) is 4.29. The fraction of sp³-hybridized carbons (Fsp3) is 0.467. The molecule has 0 aliphatic heterocycles. The summed E-state index contributed by atoms with van der Waals surface area (Å²) in [5.41, 5.74) is 0.182. The number of nitrogens with one attached hydrogen (secondary N) is 3. The minimum absolute atomic E-state index is 0.0863. The highest BCUT2D eigenvalue weighted by Crippen LogP contribution is 2.32. The normalized spacial score (nSPS) is 14.2. The van der Waals surface area contributed by atoms with Gasteiger partial charge in [-0.3, -0.25) is 0 Å². The smallest absolute Gasteiger partial charge is 0.384 e. The predicted octanol–water partition coefficient (Wildman–Crippen LogP) is 5.01. The molecule has 2 heterocycles. The molecule has 0 aliphatic rings. The van der Waals surface area contributed by atoms with E-state index in [0.717, 1.165) is 13.8 Å². The van der Waals surface area contributed by atoms with Gasteiger partial charge in [-0.1, -0.05) is 23.2 Å². The van der Waals surface area contributed by atoms with Gasteiger partial charge in [0.2, 0.25) is 11.9 Å². The number of hydrogen-bond donors (Lipinski definition) is 3.